The first-order valence-electron chi connectivity index (χ1n) is 14.2. The molecule has 0 unspecified atom stereocenters. The maximum Gasteiger partial charge on any atom is 0.319 e. The molecule has 0 spiro atoms. The number of nitrogens with two attached hydrogens (primary N) is 1. The molecule has 2 aliphatic rings. The van der Waals surface area contributed by atoms with Crippen LogP contribution in [-0.4, -0.2) is 87.7 Å². The second-order valence-corrected chi connectivity index (χ2v) is 10.5. The minimum Gasteiger partial charge on any atom is -0.496 e. The minimum atomic E-state index is -0.230. The monoisotopic (exact) mass is 562 g/mol. The summed E-state index contributed by atoms with van der Waals surface area (Å²) in [5.74, 6) is 0.639. The van der Waals surface area contributed by atoms with Gasteiger partial charge in [0.25, 0.3) is 11.8 Å². The van der Waals surface area contributed by atoms with E-state index < -0.39 is 0 Å². The van der Waals surface area contributed by atoms with Crippen LogP contribution in [0.15, 0.2) is 30.4 Å². The standard InChI is InChI=1S/C29H38N8O4/c1-3-4-15-41-29-32-26-22(34-35-27(26)28(30)33-29)17-20-6-5-19(16-23(20)40-2)18-36-12-9-21(10-13-36)31-11-14-37-24(38)7-8-25(37)39/h5-8,16,21,31H,3-4,9-15,17-18H2,1-2H3,(H,34,35)(H2,30,32,33). The number of nitrogens with one attached hydrogen (secondary N) is 2. The van der Waals surface area contributed by atoms with E-state index in [1.807, 2.05) is 0 Å². The molecular formula is C29H38N8O4. The third-order valence-electron chi connectivity index (χ3n) is 7.59. The van der Waals surface area contributed by atoms with E-state index >= 15 is 0 Å². The van der Waals surface area contributed by atoms with E-state index in [2.05, 4.69) is 55.5 Å². The molecule has 41 heavy (non-hydrogen) atoms. The fraction of sp³-hybridized carbons (Fsp3) is 0.483. The van der Waals surface area contributed by atoms with Gasteiger partial charge in [-0.25, -0.2) is 0 Å². The molecule has 0 aliphatic carbocycles. The average Bonchev–Trinajstić information content (AvgIpc) is 3.53. The van der Waals surface area contributed by atoms with Gasteiger partial charge >= 0.3 is 6.01 Å². The number of likely N-dealkylation sites (tertiary alicyclic amines) is 1. The molecule has 12 nitrogen and oxygen atoms in total. The van der Waals surface area contributed by atoms with Gasteiger partial charge in [-0.2, -0.15) is 15.1 Å². The average molecular weight is 563 g/mol. The van der Waals surface area contributed by atoms with Crippen molar-refractivity contribution in [2.24, 2.45) is 0 Å². The summed E-state index contributed by atoms with van der Waals surface area (Å²) in [6.45, 7) is 6.42. The normalized spacial score (nSPS) is 16.3. The number of benzene rings is 1. The Morgan fingerprint density at radius 1 is 1.12 bits per heavy atom. The second-order valence-electron chi connectivity index (χ2n) is 10.5. The van der Waals surface area contributed by atoms with Crippen LogP contribution < -0.4 is 20.5 Å². The Balaban J connectivity index is 1.15. The molecule has 4 N–H and O–H groups in total. The van der Waals surface area contributed by atoms with Crippen molar-refractivity contribution in [1.29, 1.82) is 0 Å². The van der Waals surface area contributed by atoms with Crippen molar-refractivity contribution in [2.75, 3.05) is 45.6 Å². The van der Waals surface area contributed by atoms with Gasteiger partial charge in [0.15, 0.2) is 11.3 Å². The van der Waals surface area contributed by atoms with E-state index in [0.29, 0.717) is 49.0 Å². The van der Waals surface area contributed by atoms with Crippen LogP contribution in [0, 0.1) is 0 Å². The number of aromatic nitrogens is 4. The molecule has 2 aliphatic heterocycles. The Labute approximate surface area is 239 Å². The van der Waals surface area contributed by atoms with Gasteiger partial charge in [0.1, 0.15) is 11.3 Å². The summed E-state index contributed by atoms with van der Waals surface area (Å²) in [4.78, 5) is 35.9. The number of H-pyrrole nitrogens is 1. The van der Waals surface area contributed by atoms with Crippen LogP contribution in [0.4, 0.5) is 5.82 Å². The van der Waals surface area contributed by atoms with Crippen molar-refractivity contribution < 1.29 is 19.1 Å². The van der Waals surface area contributed by atoms with Gasteiger partial charge in [0.05, 0.1) is 19.4 Å². The van der Waals surface area contributed by atoms with Gasteiger partial charge in [-0.3, -0.25) is 24.5 Å². The molecule has 0 bridgehead atoms. The van der Waals surface area contributed by atoms with Crippen molar-refractivity contribution in [2.45, 2.75) is 51.6 Å². The highest BCUT2D eigenvalue weighted by Crippen LogP contribution is 2.28. The zero-order valence-corrected chi connectivity index (χ0v) is 23.7. The molecule has 1 saturated heterocycles. The van der Waals surface area contributed by atoms with Gasteiger partial charge < -0.3 is 20.5 Å². The smallest absolute Gasteiger partial charge is 0.319 e. The molecule has 0 radical (unpaired) electrons. The van der Waals surface area contributed by atoms with Crippen LogP contribution in [0.1, 0.15) is 49.4 Å². The lowest BCUT2D eigenvalue weighted by Gasteiger charge is -2.33. The number of piperidine rings is 1. The molecule has 3 aromatic rings. The number of fused-ring (bicyclic) bond motifs is 1. The molecule has 2 aromatic heterocycles. The fourth-order valence-corrected chi connectivity index (χ4v) is 5.25. The predicted molar refractivity (Wildman–Crippen MR) is 154 cm³/mol. The van der Waals surface area contributed by atoms with Crippen molar-refractivity contribution >= 4 is 28.7 Å². The Kier molecular flexibility index (Phi) is 9.10. The van der Waals surface area contributed by atoms with Crippen LogP contribution in [0.25, 0.3) is 11.0 Å². The minimum absolute atomic E-state index is 0.230. The largest absolute Gasteiger partial charge is 0.496 e. The lowest BCUT2D eigenvalue weighted by Crippen LogP contribution is -2.45. The number of rotatable bonds is 13. The lowest BCUT2D eigenvalue weighted by molar-refractivity contribution is -0.136. The summed E-state index contributed by atoms with van der Waals surface area (Å²) in [7, 11) is 1.68. The summed E-state index contributed by atoms with van der Waals surface area (Å²) in [5, 5.41) is 10.9. The van der Waals surface area contributed by atoms with Crippen LogP contribution in [-0.2, 0) is 22.6 Å². The summed E-state index contributed by atoms with van der Waals surface area (Å²) < 4.78 is 11.5. The van der Waals surface area contributed by atoms with Gasteiger partial charge in [0, 0.05) is 49.8 Å². The molecule has 0 atom stereocenters. The Morgan fingerprint density at radius 2 is 1.90 bits per heavy atom. The van der Waals surface area contributed by atoms with Gasteiger partial charge in [-0.05, 0) is 44.0 Å². The van der Waals surface area contributed by atoms with Crippen molar-refractivity contribution in [3.63, 3.8) is 0 Å². The summed E-state index contributed by atoms with van der Waals surface area (Å²) in [5.41, 5.74) is 10.3. The SMILES string of the molecule is CCCCOc1nc(N)c2n[nH]c(Cc3ccc(CN4CCC(NCCN5C(=O)C=CC5=O)CC4)cc3OC)c2n1. The van der Waals surface area contributed by atoms with E-state index in [4.69, 9.17) is 15.2 Å². The third kappa shape index (κ3) is 6.83. The van der Waals surface area contributed by atoms with Crippen LogP contribution in [0.5, 0.6) is 11.8 Å². The number of amides is 2. The number of nitrogens with zero attached hydrogens (tertiary/aromatic N) is 5. The number of imide groups is 1. The van der Waals surface area contributed by atoms with E-state index in [1.54, 1.807) is 7.11 Å². The van der Waals surface area contributed by atoms with Gasteiger partial charge in [0.2, 0.25) is 0 Å². The van der Waals surface area contributed by atoms with Crippen molar-refractivity contribution in [3.05, 3.63) is 47.2 Å². The Hall–Kier alpha value is -4.03. The number of unbranched alkanes of at least 4 members (excludes halogenated alkanes) is 1. The first-order valence-corrected chi connectivity index (χ1v) is 14.2. The number of ether oxygens (including phenoxy) is 2. The van der Waals surface area contributed by atoms with Gasteiger partial charge in [-0.15, -0.1) is 0 Å². The number of anilines is 1. The van der Waals surface area contributed by atoms with Crippen molar-refractivity contribution in [3.8, 4) is 11.8 Å². The highest BCUT2D eigenvalue weighted by Gasteiger charge is 2.24. The third-order valence-corrected chi connectivity index (χ3v) is 7.59. The molecule has 0 saturated carbocycles. The maximum absolute atomic E-state index is 11.7. The summed E-state index contributed by atoms with van der Waals surface area (Å²) >= 11 is 0. The van der Waals surface area contributed by atoms with Crippen LogP contribution in [0.3, 0.4) is 0 Å². The zero-order chi connectivity index (χ0) is 28.8. The molecule has 2 amide bonds. The first-order chi connectivity index (χ1) is 19.9. The van der Waals surface area contributed by atoms with E-state index in [9.17, 15) is 9.59 Å². The van der Waals surface area contributed by atoms with E-state index in [0.717, 1.165) is 62.3 Å². The highest BCUT2D eigenvalue weighted by atomic mass is 16.5. The van der Waals surface area contributed by atoms with Crippen molar-refractivity contribution in [1.82, 2.24) is 35.3 Å². The zero-order valence-electron chi connectivity index (χ0n) is 23.7. The molecule has 4 heterocycles. The number of carbonyl (C=O) groups is 2. The van der Waals surface area contributed by atoms with Crippen LogP contribution in [0.2, 0.25) is 0 Å². The predicted octanol–water partition coefficient (Wildman–Crippen LogP) is 2.19. The van der Waals surface area contributed by atoms with Gasteiger partial charge in [-0.1, -0.05) is 25.5 Å². The quantitative estimate of drug-likeness (QED) is 0.209. The Morgan fingerprint density at radius 3 is 2.63 bits per heavy atom. The summed E-state index contributed by atoms with van der Waals surface area (Å²) in [6, 6.07) is 6.97. The number of methoxy groups -OCH3 is 1. The lowest BCUT2D eigenvalue weighted by atomic mass is 10.0. The fourth-order valence-electron chi connectivity index (χ4n) is 5.25. The number of hydrogen-bond donors (Lipinski definition) is 3. The number of nitrogen functional groups attached to an aromatic ring is 1. The number of hydrogen-bond acceptors (Lipinski definition) is 10. The van der Waals surface area contributed by atoms with Crippen LogP contribution >= 0.6 is 0 Å². The molecule has 5 rings (SSSR count). The maximum atomic E-state index is 11.7. The topological polar surface area (TPSA) is 152 Å². The molecular weight excluding hydrogens is 524 g/mol. The Bertz CT molecular complexity index is 1400. The summed E-state index contributed by atoms with van der Waals surface area (Å²) in [6.07, 6.45) is 7.16. The molecule has 12 heteroatoms. The highest BCUT2D eigenvalue weighted by molar-refractivity contribution is 6.12. The molecule has 1 fully saturated rings. The number of aromatic amines is 1. The first kappa shape index (κ1) is 28.5. The molecule has 218 valence electrons. The van der Waals surface area contributed by atoms with E-state index in [1.165, 1.54) is 22.6 Å². The number of carbonyl (C=O) groups excluding carboxylic acids is 2. The second kappa shape index (κ2) is 13.1. The van der Waals surface area contributed by atoms with E-state index in [-0.39, 0.29) is 17.8 Å². The molecule has 1 aromatic carbocycles.